The first-order valence-corrected chi connectivity index (χ1v) is 11.5. The summed E-state index contributed by atoms with van der Waals surface area (Å²) in [6.07, 6.45) is 4.18. The van der Waals surface area contributed by atoms with E-state index in [1.165, 1.54) is 12.1 Å². The average Bonchev–Trinajstić information content (AvgIpc) is 2.74. The molecule has 4 rings (SSSR count). The molecule has 0 saturated carbocycles. The van der Waals surface area contributed by atoms with Crippen molar-refractivity contribution in [2.24, 2.45) is 0 Å². The number of carbonyl (C=O) groups is 1. The molecule has 0 bridgehead atoms. The van der Waals surface area contributed by atoms with Crippen molar-refractivity contribution in [3.8, 4) is 5.75 Å². The van der Waals surface area contributed by atoms with Crippen LogP contribution in [0, 0.1) is 0 Å². The molecule has 0 spiro atoms. The molecule has 0 saturated heterocycles. The fourth-order valence-electron chi connectivity index (χ4n) is 3.41. The molecule has 1 N–H and O–H groups in total. The van der Waals surface area contributed by atoms with E-state index >= 15 is 0 Å². The summed E-state index contributed by atoms with van der Waals surface area (Å²) < 4.78 is 39.1. The van der Waals surface area contributed by atoms with Crippen molar-refractivity contribution < 1.29 is 22.5 Å². The minimum Gasteiger partial charge on any atom is -0.462 e. The summed E-state index contributed by atoms with van der Waals surface area (Å²) in [6.45, 7) is 0. The summed E-state index contributed by atoms with van der Waals surface area (Å²) in [6, 6.07) is 14.5. The molecule has 0 amide bonds. The second-order valence-corrected chi connectivity index (χ2v) is 9.23. The third kappa shape index (κ3) is 4.67. The maximum atomic E-state index is 12.8. The molecular weight excluding hydrogens is 459 g/mol. The number of benzene rings is 3. The molecule has 0 atom stereocenters. The molecule has 0 unspecified atom stereocenters. The lowest BCUT2D eigenvalue weighted by Crippen LogP contribution is -2.09. The van der Waals surface area contributed by atoms with Gasteiger partial charge in [0, 0.05) is 34.0 Å². The maximum Gasteiger partial charge on any atom is 0.295 e. The summed E-state index contributed by atoms with van der Waals surface area (Å²) in [5, 5.41) is 1.78. The van der Waals surface area contributed by atoms with E-state index in [9.17, 15) is 17.8 Å². The zero-order valence-electron chi connectivity index (χ0n) is 16.0. The quantitative estimate of drug-likeness (QED) is 0.348. The highest BCUT2D eigenvalue weighted by Gasteiger charge is 2.20. The van der Waals surface area contributed by atoms with Crippen molar-refractivity contribution in [3.05, 3.63) is 93.7 Å². The Labute approximate surface area is 189 Å². The van der Waals surface area contributed by atoms with Crippen LogP contribution in [0.25, 0.3) is 10.8 Å². The molecule has 0 heterocycles. The Kier molecular flexibility index (Phi) is 5.90. The molecule has 31 heavy (non-hydrogen) atoms. The number of Topliss-reactive ketones (excluding diaryl/α,β-unsaturated/α-hetero) is 1. The van der Waals surface area contributed by atoms with Gasteiger partial charge in [0.05, 0.1) is 5.02 Å². The normalized spacial score (nSPS) is 14.2. The van der Waals surface area contributed by atoms with Gasteiger partial charge in [-0.1, -0.05) is 53.5 Å². The van der Waals surface area contributed by atoms with Crippen molar-refractivity contribution in [1.82, 2.24) is 0 Å². The van der Waals surface area contributed by atoms with E-state index in [0.29, 0.717) is 50.6 Å². The Morgan fingerprint density at radius 1 is 0.968 bits per heavy atom. The van der Waals surface area contributed by atoms with E-state index in [0.717, 1.165) is 0 Å². The standard InChI is InChI=1S/C23H16Cl2O5S/c24-16-7-10-21(25)20(12-16)23(26)14-5-8-17(9-6-14)30-18-11-15-3-1-2-4-19(15)22(13-18)31(27,28)29/h1-5,7-8,10-13H,6,9H2,(H,27,28,29). The maximum absolute atomic E-state index is 12.8. The van der Waals surface area contributed by atoms with Crippen LogP contribution in [-0.2, 0) is 10.1 Å². The van der Waals surface area contributed by atoms with E-state index in [1.54, 1.807) is 54.6 Å². The van der Waals surface area contributed by atoms with E-state index < -0.39 is 10.1 Å². The number of halogens is 2. The first-order valence-electron chi connectivity index (χ1n) is 9.30. The lowest BCUT2D eigenvalue weighted by Gasteiger charge is -2.16. The van der Waals surface area contributed by atoms with Gasteiger partial charge in [-0.15, -0.1) is 0 Å². The van der Waals surface area contributed by atoms with Crippen molar-refractivity contribution in [3.63, 3.8) is 0 Å². The Morgan fingerprint density at radius 3 is 2.45 bits per heavy atom. The predicted molar refractivity (Wildman–Crippen MR) is 121 cm³/mol. The molecule has 8 heteroatoms. The fourth-order valence-corrected chi connectivity index (χ4v) is 4.51. The van der Waals surface area contributed by atoms with Gasteiger partial charge in [0.1, 0.15) is 16.4 Å². The van der Waals surface area contributed by atoms with Gasteiger partial charge in [-0.05, 0) is 42.1 Å². The fraction of sp³-hybridized carbons (Fsp3) is 0.0870. The Morgan fingerprint density at radius 2 is 1.74 bits per heavy atom. The number of allylic oxidation sites excluding steroid dienone is 4. The Bertz CT molecular complexity index is 1370. The summed E-state index contributed by atoms with van der Waals surface area (Å²) in [5.74, 6) is 0.631. The molecular formula is C23H16Cl2O5S. The zero-order chi connectivity index (χ0) is 22.2. The number of ketones is 1. The lowest BCUT2D eigenvalue weighted by molar-refractivity contribution is 0.103. The minimum atomic E-state index is -4.43. The third-order valence-corrected chi connectivity index (χ3v) is 6.36. The first kappa shape index (κ1) is 21.6. The number of rotatable bonds is 5. The van der Waals surface area contributed by atoms with Crippen LogP contribution in [0.4, 0.5) is 0 Å². The lowest BCUT2D eigenvalue weighted by atomic mass is 9.95. The van der Waals surface area contributed by atoms with Crippen LogP contribution in [0.15, 0.2) is 83.0 Å². The van der Waals surface area contributed by atoms with E-state index in [1.807, 2.05) is 0 Å². The number of carbonyl (C=O) groups excluding carboxylic acids is 1. The van der Waals surface area contributed by atoms with Gasteiger partial charge in [0.25, 0.3) is 10.1 Å². The average molecular weight is 475 g/mol. The van der Waals surface area contributed by atoms with Gasteiger partial charge in [-0.3, -0.25) is 9.35 Å². The van der Waals surface area contributed by atoms with Gasteiger partial charge in [-0.2, -0.15) is 8.42 Å². The second kappa shape index (κ2) is 8.48. The number of ether oxygens (including phenoxy) is 1. The minimum absolute atomic E-state index is 0.206. The van der Waals surface area contributed by atoms with E-state index in [4.69, 9.17) is 27.9 Å². The van der Waals surface area contributed by atoms with Crippen molar-refractivity contribution in [2.45, 2.75) is 17.7 Å². The second-order valence-electron chi connectivity index (χ2n) is 7.00. The van der Waals surface area contributed by atoms with Crippen LogP contribution in [0.1, 0.15) is 23.2 Å². The molecule has 0 aromatic heterocycles. The Hall–Kier alpha value is -2.64. The largest absolute Gasteiger partial charge is 0.462 e. The Balaban J connectivity index is 1.62. The van der Waals surface area contributed by atoms with Crippen molar-refractivity contribution in [2.75, 3.05) is 0 Å². The van der Waals surface area contributed by atoms with Crippen LogP contribution in [0.3, 0.4) is 0 Å². The highest BCUT2D eigenvalue weighted by Crippen LogP contribution is 2.32. The van der Waals surface area contributed by atoms with Gasteiger partial charge >= 0.3 is 0 Å². The molecule has 3 aromatic carbocycles. The number of fused-ring (bicyclic) bond motifs is 1. The van der Waals surface area contributed by atoms with Crippen LogP contribution < -0.4 is 4.74 Å². The van der Waals surface area contributed by atoms with E-state index in [-0.39, 0.29) is 16.4 Å². The van der Waals surface area contributed by atoms with Gasteiger partial charge < -0.3 is 4.74 Å². The van der Waals surface area contributed by atoms with Crippen molar-refractivity contribution >= 4 is 49.9 Å². The molecule has 158 valence electrons. The molecule has 0 fully saturated rings. The SMILES string of the molecule is O=C(C1=CC=C(Oc2cc(S(=O)(=O)O)c3ccccc3c2)CC1)c1cc(Cl)ccc1Cl. The molecule has 3 aromatic rings. The smallest absolute Gasteiger partial charge is 0.295 e. The summed E-state index contributed by atoms with van der Waals surface area (Å²) in [5.41, 5.74) is 0.902. The van der Waals surface area contributed by atoms with Gasteiger partial charge in [0.2, 0.25) is 0 Å². The molecule has 0 radical (unpaired) electrons. The van der Waals surface area contributed by atoms with Crippen LogP contribution in [0.5, 0.6) is 5.75 Å². The summed E-state index contributed by atoms with van der Waals surface area (Å²) in [7, 11) is -4.43. The van der Waals surface area contributed by atoms with Gasteiger partial charge in [0.15, 0.2) is 5.78 Å². The third-order valence-electron chi connectivity index (χ3n) is 4.90. The zero-order valence-corrected chi connectivity index (χ0v) is 18.3. The topological polar surface area (TPSA) is 80.7 Å². The van der Waals surface area contributed by atoms with Gasteiger partial charge in [-0.25, -0.2) is 0 Å². The monoisotopic (exact) mass is 474 g/mol. The van der Waals surface area contributed by atoms with Crippen LogP contribution in [0.2, 0.25) is 10.0 Å². The van der Waals surface area contributed by atoms with Crippen LogP contribution >= 0.6 is 23.2 Å². The highest BCUT2D eigenvalue weighted by molar-refractivity contribution is 7.86. The van der Waals surface area contributed by atoms with Crippen LogP contribution in [-0.4, -0.2) is 18.8 Å². The molecule has 5 nitrogen and oxygen atoms in total. The highest BCUT2D eigenvalue weighted by atomic mass is 35.5. The van der Waals surface area contributed by atoms with Crippen molar-refractivity contribution in [1.29, 1.82) is 0 Å². The number of hydrogen-bond acceptors (Lipinski definition) is 4. The summed E-state index contributed by atoms with van der Waals surface area (Å²) >= 11 is 12.1. The first-order chi connectivity index (χ1) is 14.7. The molecule has 1 aliphatic rings. The molecule has 1 aliphatic carbocycles. The predicted octanol–water partition coefficient (Wildman–Crippen LogP) is 6.26. The van der Waals surface area contributed by atoms with E-state index in [2.05, 4.69) is 0 Å². The number of hydrogen-bond donors (Lipinski definition) is 1. The molecule has 0 aliphatic heterocycles. The summed E-state index contributed by atoms with van der Waals surface area (Å²) in [4.78, 5) is 12.5.